The Hall–Kier alpha value is 0.471. The van der Waals surface area contributed by atoms with Crippen LogP contribution in [0.5, 0.6) is 0 Å². The summed E-state index contributed by atoms with van der Waals surface area (Å²) in [5, 5.41) is 0. The second kappa shape index (κ2) is 10.2. The van der Waals surface area contributed by atoms with Crippen molar-refractivity contribution in [3.8, 4) is 0 Å². The summed E-state index contributed by atoms with van der Waals surface area (Å²) in [5.41, 5.74) is 6.01. The number of hydrogen-bond acceptors (Lipinski definition) is 0. The van der Waals surface area contributed by atoms with Crippen molar-refractivity contribution in [3.63, 3.8) is 0 Å². The van der Waals surface area contributed by atoms with E-state index in [1.54, 1.807) is 0 Å². The molecule has 0 saturated heterocycles. The van der Waals surface area contributed by atoms with E-state index in [9.17, 15) is 0 Å². The summed E-state index contributed by atoms with van der Waals surface area (Å²) >= 11 is -3.88. The molecule has 28 heavy (non-hydrogen) atoms. The van der Waals surface area contributed by atoms with E-state index >= 15 is 0 Å². The van der Waals surface area contributed by atoms with Crippen LogP contribution in [-0.2, 0) is 12.4 Å². The van der Waals surface area contributed by atoms with Crippen LogP contribution in [0.15, 0.2) is 46.6 Å². The van der Waals surface area contributed by atoms with Crippen molar-refractivity contribution in [2.45, 2.75) is 101 Å². The minimum absolute atomic E-state index is 0.325. The molecular formula is C24H41Cl2SiTi. The van der Waals surface area contributed by atoms with E-state index in [0.717, 1.165) is 12.8 Å². The molecule has 0 fully saturated rings. The van der Waals surface area contributed by atoms with Gasteiger partial charge in [-0.05, 0) is 0 Å². The third kappa shape index (κ3) is 4.70. The molecule has 2 aliphatic rings. The summed E-state index contributed by atoms with van der Waals surface area (Å²) in [7, 11) is 15.9. The first kappa shape index (κ1) is 24.7. The van der Waals surface area contributed by atoms with E-state index in [0.29, 0.717) is 8.45 Å². The standard InChI is InChI=1S/2C11H17.C2H7Si.2ClH.Ti/c2*1-3-5-6-11-8-7-10(4-2)9-11;1-3-2;;;/h2*7-9H,3-6H2,1-2H3;3H,1-2H3;2*1H;/q;;;;;+2/p-2. The molecule has 0 radical (unpaired) electrons. The molecular weight excluding hydrogens is 435 g/mol. The molecule has 0 bridgehead atoms. The zero-order chi connectivity index (χ0) is 21.0. The van der Waals surface area contributed by atoms with E-state index < -0.39 is 19.1 Å². The second-order valence-electron chi connectivity index (χ2n) is 9.17. The summed E-state index contributed by atoms with van der Waals surface area (Å²) in [4.78, 5) is 0. The van der Waals surface area contributed by atoms with Crippen LogP contribution in [0.4, 0.5) is 0 Å². The van der Waals surface area contributed by atoms with Gasteiger partial charge in [0, 0.05) is 0 Å². The molecule has 0 aromatic heterocycles. The third-order valence-corrected chi connectivity index (χ3v) is 42.6. The molecule has 4 heteroatoms. The SMILES string of the molecule is CCCCC1=C[CH]([Ti]([Cl])([Cl])([CH]2C=C(CCCC)C=C2CC)[SiH](C)C)C(CC)=C1. The van der Waals surface area contributed by atoms with Crippen molar-refractivity contribution in [1.29, 1.82) is 0 Å². The van der Waals surface area contributed by atoms with Crippen LogP contribution in [0.2, 0.25) is 21.5 Å². The summed E-state index contributed by atoms with van der Waals surface area (Å²) in [6, 6.07) is 0. The number of allylic oxidation sites excluding steroid dienone is 8. The first-order valence-electron chi connectivity index (χ1n) is 11.6. The Kier molecular flexibility index (Phi) is 9.00. The van der Waals surface area contributed by atoms with E-state index in [1.807, 2.05) is 0 Å². The molecule has 2 rings (SSSR count). The zero-order valence-electron chi connectivity index (χ0n) is 19.0. The molecule has 0 amide bonds. The van der Waals surface area contributed by atoms with Gasteiger partial charge in [-0.1, -0.05) is 0 Å². The fraction of sp³-hybridized carbons (Fsp3) is 0.667. The maximum atomic E-state index is 7.94. The summed E-state index contributed by atoms with van der Waals surface area (Å²) in [6.45, 7) is 12.7. The van der Waals surface area contributed by atoms with Gasteiger partial charge in [-0.3, -0.25) is 0 Å². The predicted molar refractivity (Wildman–Crippen MR) is 130 cm³/mol. The summed E-state index contributed by atoms with van der Waals surface area (Å²) in [6.07, 6.45) is 19.4. The van der Waals surface area contributed by atoms with Gasteiger partial charge in [-0.2, -0.15) is 0 Å². The molecule has 2 aliphatic carbocycles. The van der Waals surface area contributed by atoms with Crippen LogP contribution in [-0.4, -0.2) is 6.66 Å². The fourth-order valence-electron chi connectivity index (χ4n) is 5.05. The van der Waals surface area contributed by atoms with E-state index in [1.165, 1.54) is 60.8 Å². The fourth-order valence-corrected chi connectivity index (χ4v) is 24.5. The minimum atomic E-state index is -3.88. The van der Waals surface area contributed by atoms with E-state index in [-0.39, 0.29) is 0 Å². The van der Waals surface area contributed by atoms with Crippen molar-refractivity contribution >= 4 is 25.3 Å². The zero-order valence-corrected chi connectivity index (χ0v) is 23.2. The molecule has 0 spiro atoms. The molecule has 2 atom stereocenters. The van der Waals surface area contributed by atoms with Crippen LogP contribution in [0.1, 0.15) is 79.1 Å². The monoisotopic (exact) mass is 475 g/mol. The quantitative estimate of drug-likeness (QED) is 0.261. The van der Waals surface area contributed by atoms with Gasteiger partial charge in [0.1, 0.15) is 0 Å². The van der Waals surface area contributed by atoms with Gasteiger partial charge in [0.05, 0.1) is 0 Å². The molecule has 159 valence electrons. The van der Waals surface area contributed by atoms with Gasteiger partial charge in [0.25, 0.3) is 0 Å². The Morgan fingerprint density at radius 2 is 1.18 bits per heavy atom. The molecule has 0 aliphatic heterocycles. The van der Waals surface area contributed by atoms with Gasteiger partial charge in [-0.15, -0.1) is 0 Å². The Balaban J connectivity index is 2.51. The van der Waals surface area contributed by atoms with Crippen LogP contribution in [0.3, 0.4) is 0 Å². The van der Waals surface area contributed by atoms with Crippen molar-refractivity contribution in [3.05, 3.63) is 46.6 Å². The van der Waals surface area contributed by atoms with Crippen molar-refractivity contribution in [2.24, 2.45) is 0 Å². The Morgan fingerprint density at radius 1 is 0.786 bits per heavy atom. The second-order valence-corrected chi connectivity index (χ2v) is 38.6. The molecule has 0 N–H and O–H groups in total. The van der Waals surface area contributed by atoms with E-state index in [4.69, 9.17) is 18.6 Å². The average molecular weight is 476 g/mol. The molecule has 2 unspecified atom stereocenters. The molecule has 0 aromatic rings. The Bertz CT molecular complexity index is 633. The first-order valence-corrected chi connectivity index (χ1v) is 23.3. The van der Waals surface area contributed by atoms with Gasteiger partial charge in [-0.25, -0.2) is 0 Å². The number of halogens is 2. The Labute approximate surface area is 184 Å². The van der Waals surface area contributed by atoms with Crippen LogP contribution >= 0.6 is 18.6 Å². The van der Waals surface area contributed by atoms with Crippen molar-refractivity contribution in [1.82, 2.24) is 0 Å². The number of hydrogen-bond donors (Lipinski definition) is 0. The molecule has 0 saturated carbocycles. The number of unbranched alkanes of at least 4 members (excludes halogenated alkanes) is 2. The van der Waals surface area contributed by atoms with Crippen LogP contribution in [0, 0.1) is 0 Å². The molecule has 0 aromatic carbocycles. The normalized spacial score (nSPS) is 24.0. The van der Waals surface area contributed by atoms with Crippen molar-refractivity contribution < 1.29 is 12.4 Å². The van der Waals surface area contributed by atoms with Gasteiger partial charge in [0.15, 0.2) is 0 Å². The average Bonchev–Trinajstić information content (AvgIpc) is 3.29. The van der Waals surface area contributed by atoms with Gasteiger partial charge >= 0.3 is 185 Å². The van der Waals surface area contributed by atoms with Crippen molar-refractivity contribution in [2.75, 3.05) is 0 Å². The summed E-state index contributed by atoms with van der Waals surface area (Å²) in [5.74, 6) is 0. The Morgan fingerprint density at radius 3 is 1.46 bits per heavy atom. The van der Waals surface area contributed by atoms with Crippen LogP contribution in [0.25, 0.3) is 0 Å². The molecule has 0 heterocycles. The van der Waals surface area contributed by atoms with E-state index in [2.05, 4.69) is 65.1 Å². The number of rotatable bonds is 11. The van der Waals surface area contributed by atoms with Crippen LogP contribution < -0.4 is 0 Å². The van der Waals surface area contributed by atoms with Gasteiger partial charge < -0.3 is 0 Å². The summed E-state index contributed by atoms with van der Waals surface area (Å²) < 4.78 is 0.649. The topological polar surface area (TPSA) is 0 Å². The maximum absolute atomic E-state index is 7.94. The first-order chi connectivity index (χ1) is 13.2. The molecule has 0 nitrogen and oxygen atoms in total. The van der Waals surface area contributed by atoms with Gasteiger partial charge in [0.2, 0.25) is 0 Å². The third-order valence-electron chi connectivity index (χ3n) is 7.05. The predicted octanol–water partition coefficient (Wildman–Crippen LogP) is 9.48.